The molecule has 32 heavy (non-hydrogen) atoms. The molecule has 1 aromatic rings. The Hall–Kier alpha value is -1.68. The zero-order chi connectivity index (χ0) is 24.9. The molecular formula is C28H49NO3. The van der Waals surface area contributed by atoms with Gasteiger partial charge in [0.15, 0.2) is 5.78 Å². The smallest absolute Gasteiger partial charge is 0.221 e. The molecule has 0 aliphatic carbocycles. The van der Waals surface area contributed by atoms with Crippen LogP contribution in [0.15, 0.2) is 27.1 Å². The number of allylic oxidation sites excluding steroid dienone is 2. The fourth-order valence-electron chi connectivity index (χ4n) is 3.03. The number of hydrogen-bond acceptors (Lipinski definition) is 4. The summed E-state index contributed by atoms with van der Waals surface area (Å²) in [5, 5.41) is 9.41. The SMILES string of the molecule is CC(C)C.CC/C=C(/C=N\c1oc(C(C)(C)C)cc1C)C(=O)CCCCC(CO)C(C)C. The second-order valence-electron chi connectivity index (χ2n) is 10.8. The average Bonchev–Trinajstić information content (AvgIpc) is 3.05. The summed E-state index contributed by atoms with van der Waals surface area (Å²) < 4.78 is 5.89. The predicted molar refractivity (Wildman–Crippen MR) is 138 cm³/mol. The molecule has 184 valence electrons. The van der Waals surface area contributed by atoms with Crippen molar-refractivity contribution in [3.05, 3.63) is 29.0 Å². The van der Waals surface area contributed by atoms with Crippen LogP contribution in [0.5, 0.6) is 0 Å². The largest absolute Gasteiger partial charge is 0.443 e. The molecule has 0 saturated heterocycles. The van der Waals surface area contributed by atoms with E-state index in [0.717, 1.165) is 42.9 Å². The quantitative estimate of drug-likeness (QED) is 0.212. The van der Waals surface area contributed by atoms with Crippen molar-refractivity contribution in [2.75, 3.05) is 6.61 Å². The zero-order valence-electron chi connectivity index (χ0n) is 22.4. The molecule has 4 heteroatoms. The number of hydrogen-bond donors (Lipinski definition) is 1. The van der Waals surface area contributed by atoms with Crippen LogP contribution in [0, 0.1) is 24.7 Å². The lowest BCUT2D eigenvalue weighted by molar-refractivity contribution is -0.115. The number of carbonyl (C=O) groups is 1. The number of aliphatic hydroxyl groups excluding tert-OH is 1. The van der Waals surface area contributed by atoms with Gasteiger partial charge in [-0.15, -0.1) is 0 Å². The number of carbonyl (C=O) groups excluding carboxylic acids is 1. The summed E-state index contributed by atoms with van der Waals surface area (Å²) in [4.78, 5) is 17.1. The van der Waals surface area contributed by atoms with Crippen LogP contribution in [0.25, 0.3) is 0 Å². The molecule has 1 rings (SSSR count). The van der Waals surface area contributed by atoms with E-state index in [4.69, 9.17) is 4.42 Å². The highest BCUT2D eigenvalue weighted by Gasteiger charge is 2.20. The van der Waals surface area contributed by atoms with Crippen molar-refractivity contribution in [3.63, 3.8) is 0 Å². The van der Waals surface area contributed by atoms with Gasteiger partial charge in [-0.05, 0) is 50.0 Å². The van der Waals surface area contributed by atoms with E-state index < -0.39 is 0 Å². The molecule has 0 radical (unpaired) electrons. The van der Waals surface area contributed by atoms with Crippen molar-refractivity contribution in [1.29, 1.82) is 0 Å². The van der Waals surface area contributed by atoms with Crippen molar-refractivity contribution in [1.82, 2.24) is 0 Å². The fourth-order valence-corrected chi connectivity index (χ4v) is 3.03. The lowest BCUT2D eigenvalue weighted by Crippen LogP contribution is -2.13. The number of aliphatic imine (C=N–C) groups is 1. The van der Waals surface area contributed by atoms with Crippen LogP contribution in [-0.2, 0) is 10.2 Å². The van der Waals surface area contributed by atoms with Crippen LogP contribution in [0.1, 0.15) is 106 Å². The number of aryl methyl sites for hydroxylation is 1. The van der Waals surface area contributed by atoms with Gasteiger partial charge in [-0.25, -0.2) is 4.99 Å². The van der Waals surface area contributed by atoms with E-state index in [-0.39, 0.29) is 17.8 Å². The van der Waals surface area contributed by atoms with E-state index in [1.165, 1.54) is 0 Å². The molecule has 0 amide bonds. The Balaban J connectivity index is 0.00000220. The van der Waals surface area contributed by atoms with Crippen molar-refractivity contribution in [2.45, 2.75) is 107 Å². The molecule has 4 nitrogen and oxygen atoms in total. The lowest BCUT2D eigenvalue weighted by Gasteiger charge is -2.17. The summed E-state index contributed by atoms with van der Waals surface area (Å²) in [6.45, 7) is 21.3. The van der Waals surface area contributed by atoms with Gasteiger partial charge in [-0.2, -0.15) is 0 Å². The third-order valence-electron chi connectivity index (χ3n) is 5.10. The monoisotopic (exact) mass is 447 g/mol. The first-order valence-electron chi connectivity index (χ1n) is 12.3. The van der Waals surface area contributed by atoms with Crippen LogP contribution >= 0.6 is 0 Å². The minimum atomic E-state index is -0.0706. The number of Topliss-reactive ketones (excluding diaryl/α,β-unsaturated/α-hetero) is 1. The van der Waals surface area contributed by atoms with E-state index >= 15 is 0 Å². The van der Waals surface area contributed by atoms with Gasteiger partial charge in [0.25, 0.3) is 0 Å². The lowest BCUT2D eigenvalue weighted by atomic mass is 9.90. The molecule has 0 spiro atoms. The minimum absolute atomic E-state index is 0.0706. The zero-order valence-corrected chi connectivity index (χ0v) is 22.4. The average molecular weight is 448 g/mol. The molecular weight excluding hydrogens is 398 g/mol. The topological polar surface area (TPSA) is 62.8 Å². The van der Waals surface area contributed by atoms with Crippen LogP contribution < -0.4 is 0 Å². The highest BCUT2D eigenvalue weighted by atomic mass is 16.4. The molecule has 0 aromatic carbocycles. The maximum absolute atomic E-state index is 12.6. The Kier molecular flexibility index (Phi) is 14.4. The van der Waals surface area contributed by atoms with Crippen molar-refractivity contribution < 1.29 is 14.3 Å². The van der Waals surface area contributed by atoms with Gasteiger partial charge >= 0.3 is 0 Å². The predicted octanol–water partition coefficient (Wildman–Crippen LogP) is 7.98. The van der Waals surface area contributed by atoms with Gasteiger partial charge in [0.05, 0.1) is 0 Å². The highest BCUT2D eigenvalue weighted by molar-refractivity contribution is 6.13. The van der Waals surface area contributed by atoms with E-state index in [0.29, 0.717) is 29.7 Å². The normalized spacial score (nSPS) is 13.6. The maximum Gasteiger partial charge on any atom is 0.221 e. The van der Waals surface area contributed by atoms with Crippen LogP contribution in [-0.4, -0.2) is 23.7 Å². The summed E-state index contributed by atoms with van der Waals surface area (Å²) in [6.07, 6.45) is 7.64. The first kappa shape index (κ1) is 30.3. The Morgan fingerprint density at radius 3 is 2.19 bits per heavy atom. The third-order valence-corrected chi connectivity index (χ3v) is 5.10. The standard InChI is InChI=1S/C24H39NO3.C4H10/c1-8-11-19(21(27)13-10-9-12-20(16-26)17(2)3)15-25-23-18(4)14-22(28-23)24(5,6)7;1-4(2)3/h11,14-15,17,20,26H,8-10,12-13,16H2,1-7H3;4H,1-3H3/b19-11-,25-15-;. The number of nitrogens with zero attached hydrogens (tertiary/aromatic N) is 1. The van der Waals surface area contributed by atoms with Crippen molar-refractivity contribution in [3.8, 4) is 0 Å². The van der Waals surface area contributed by atoms with Gasteiger partial charge in [0, 0.05) is 35.8 Å². The van der Waals surface area contributed by atoms with Crippen LogP contribution in [0.3, 0.4) is 0 Å². The van der Waals surface area contributed by atoms with Crippen LogP contribution in [0.4, 0.5) is 5.88 Å². The molecule has 1 heterocycles. The Bertz CT molecular complexity index is 715. The Morgan fingerprint density at radius 1 is 1.16 bits per heavy atom. The van der Waals surface area contributed by atoms with Gasteiger partial charge in [0.2, 0.25) is 5.88 Å². The minimum Gasteiger partial charge on any atom is -0.443 e. The molecule has 1 N–H and O–H groups in total. The summed E-state index contributed by atoms with van der Waals surface area (Å²) in [5.74, 6) is 3.21. The Morgan fingerprint density at radius 2 is 1.75 bits per heavy atom. The second kappa shape index (κ2) is 15.2. The maximum atomic E-state index is 12.6. The van der Waals surface area contributed by atoms with E-state index in [9.17, 15) is 9.90 Å². The molecule has 0 aliphatic rings. The van der Waals surface area contributed by atoms with Crippen LogP contribution in [0.2, 0.25) is 0 Å². The summed E-state index contributed by atoms with van der Waals surface area (Å²) in [5.41, 5.74) is 1.56. The molecule has 1 aromatic heterocycles. The number of furan rings is 1. The molecule has 0 fully saturated rings. The first-order valence-corrected chi connectivity index (χ1v) is 12.3. The fraction of sp³-hybridized carbons (Fsp3) is 0.714. The molecule has 0 bridgehead atoms. The van der Waals surface area contributed by atoms with Gasteiger partial charge in [0.1, 0.15) is 5.76 Å². The number of ketones is 1. The van der Waals surface area contributed by atoms with Gasteiger partial charge < -0.3 is 9.52 Å². The van der Waals surface area contributed by atoms with E-state index in [2.05, 4.69) is 60.4 Å². The third kappa shape index (κ3) is 12.4. The Labute approximate surface area is 197 Å². The molecule has 0 aliphatic heterocycles. The van der Waals surface area contributed by atoms with Gasteiger partial charge in [-0.1, -0.05) is 74.8 Å². The summed E-state index contributed by atoms with van der Waals surface area (Å²) >= 11 is 0. The van der Waals surface area contributed by atoms with Gasteiger partial charge in [-0.3, -0.25) is 4.79 Å². The first-order chi connectivity index (χ1) is 14.8. The highest BCUT2D eigenvalue weighted by Crippen LogP contribution is 2.31. The number of rotatable bonds is 11. The van der Waals surface area contributed by atoms with Crippen molar-refractivity contribution in [2.24, 2.45) is 22.7 Å². The van der Waals surface area contributed by atoms with E-state index in [1.54, 1.807) is 6.21 Å². The summed E-state index contributed by atoms with van der Waals surface area (Å²) in [7, 11) is 0. The molecule has 1 atom stereocenters. The van der Waals surface area contributed by atoms with E-state index in [1.807, 2.05) is 26.0 Å². The number of unbranched alkanes of at least 4 members (excludes halogenated alkanes) is 1. The molecule has 0 saturated carbocycles. The second-order valence-corrected chi connectivity index (χ2v) is 10.8. The number of aliphatic hydroxyl groups is 1. The summed E-state index contributed by atoms with van der Waals surface area (Å²) in [6, 6.07) is 2.02. The van der Waals surface area contributed by atoms with Crippen molar-refractivity contribution >= 4 is 17.9 Å². The molecule has 1 unspecified atom stereocenters.